The number of amides is 3. The summed E-state index contributed by atoms with van der Waals surface area (Å²) < 4.78 is 5.34. The monoisotopic (exact) mass is 365 g/mol. The van der Waals surface area contributed by atoms with Crippen molar-refractivity contribution in [2.45, 2.75) is 45.4 Å². The minimum atomic E-state index is -0.643. The average Bonchev–Trinajstić information content (AvgIpc) is 2.56. The fraction of sp³-hybridized carbons (Fsp3) is 0.842. The van der Waals surface area contributed by atoms with Crippen LogP contribution >= 0.6 is 0 Å². The minimum Gasteiger partial charge on any atom is -0.466 e. The predicted octanol–water partition coefficient (Wildman–Crippen LogP) is 1.41. The molecule has 1 atom stereocenters. The van der Waals surface area contributed by atoms with Crippen molar-refractivity contribution < 1.29 is 19.1 Å². The highest BCUT2D eigenvalue weighted by atomic mass is 16.5. The Labute approximate surface area is 154 Å². The Morgan fingerprint density at radius 1 is 1.04 bits per heavy atom. The summed E-state index contributed by atoms with van der Waals surface area (Å²) in [5, 5.41) is 5.27. The lowest BCUT2D eigenvalue weighted by atomic mass is 9.49. The minimum absolute atomic E-state index is 0.153. The summed E-state index contributed by atoms with van der Waals surface area (Å²) in [6.45, 7) is 2.70. The Morgan fingerprint density at radius 2 is 1.65 bits per heavy atom. The lowest BCUT2D eigenvalue weighted by molar-refractivity contribution is -0.157. The zero-order valence-electron chi connectivity index (χ0n) is 15.5. The zero-order chi connectivity index (χ0) is 18.7. The Bertz CT molecular complexity index is 523. The van der Waals surface area contributed by atoms with Gasteiger partial charge in [-0.25, -0.2) is 4.79 Å². The first-order valence-electron chi connectivity index (χ1n) is 9.94. The third-order valence-electron chi connectivity index (χ3n) is 6.52. The summed E-state index contributed by atoms with van der Waals surface area (Å²) in [5.74, 6) is 2.56. The van der Waals surface area contributed by atoms with Crippen molar-refractivity contribution in [3.8, 4) is 0 Å². The number of nitrogens with one attached hydrogen (secondary N) is 2. The molecule has 0 aliphatic heterocycles. The van der Waals surface area contributed by atoms with Gasteiger partial charge in [0.25, 0.3) is 0 Å². The SMILES string of the molecule is CCOC(=O)[C@H](CNC(=O)CCNC(N)=O)C1C2CC3CC(C2)CC1C3. The van der Waals surface area contributed by atoms with Crippen LogP contribution in [0.1, 0.15) is 45.4 Å². The Balaban J connectivity index is 1.60. The van der Waals surface area contributed by atoms with Gasteiger partial charge in [0.2, 0.25) is 5.91 Å². The van der Waals surface area contributed by atoms with E-state index >= 15 is 0 Å². The van der Waals surface area contributed by atoms with Crippen molar-refractivity contribution >= 4 is 17.9 Å². The maximum absolute atomic E-state index is 12.6. The van der Waals surface area contributed by atoms with Gasteiger partial charge >= 0.3 is 12.0 Å². The summed E-state index contributed by atoms with van der Waals surface area (Å²) in [6.07, 6.45) is 6.43. The van der Waals surface area contributed by atoms with Gasteiger partial charge in [-0.2, -0.15) is 0 Å². The molecular formula is C19H31N3O4. The highest BCUT2D eigenvalue weighted by molar-refractivity contribution is 5.79. The number of hydrogen-bond acceptors (Lipinski definition) is 4. The van der Waals surface area contributed by atoms with Crippen molar-refractivity contribution in [3.63, 3.8) is 0 Å². The molecule has 4 bridgehead atoms. The number of urea groups is 1. The van der Waals surface area contributed by atoms with Crippen LogP contribution in [0.5, 0.6) is 0 Å². The van der Waals surface area contributed by atoms with Crippen molar-refractivity contribution in [3.05, 3.63) is 0 Å². The van der Waals surface area contributed by atoms with E-state index in [4.69, 9.17) is 10.5 Å². The van der Waals surface area contributed by atoms with Crippen molar-refractivity contribution in [1.29, 1.82) is 0 Å². The number of esters is 1. The van der Waals surface area contributed by atoms with Crippen LogP contribution in [0.2, 0.25) is 0 Å². The number of primary amides is 1. The summed E-state index contributed by atoms with van der Waals surface area (Å²) in [7, 11) is 0. The summed E-state index contributed by atoms with van der Waals surface area (Å²) in [6, 6.07) is -0.643. The molecule has 4 fully saturated rings. The van der Waals surface area contributed by atoms with Crippen LogP contribution in [0.15, 0.2) is 0 Å². The van der Waals surface area contributed by atoms with Gasteiger partial charge in [0, 0.05) is 19.5 Å². The van der Waals surface area contributed by atoms with Gasteiger partial charge in [0.05, 0.1) is 12.5 Å². The van der Waals surface area contributed by atoms with E-state index in [9.17, 15) is 14.4 Å². The average molecular weight is 365 g/mol. The molecule has 0 unspecified atom stereocenters. The lowest BCUT2D eigenvalue weighted by Crippen LogP contribution is -2.52. The van der Waals surface area contributed by atoms with Crippen LogP contribution < -0.4 is 16.4 Å². The molecule has 146 valence electrons. The van der Waals surface area contributed by atoms with Crippen molar-refractivity contribution in [2.75, 3.05) is 19.7 Å². The molecule has 7 heteroatoms. The quantitative estimate of drug-likeness (QED) is 0.565. The molecule has 4 rings (SSSR count). The maximum atomic E-state index is 12.6. The van der Waals surface area contributed by atoms with E-state index in [2.05, 4.69) is 10.6 Å². The molecular weight excluding hydrogens is 334 g/mol. The summed E-state index contributed by atoms with van der Waals surface area (Å²) >= 11 is 0. The van der Waals surface area contributed by atoms with Crippen molar-refractivity contribution in [2.24, 2.45) is 41.2 Å². The number of rotatable bonds is 8. The Kier molecular flexibility index (Phi) is 6.04. The fourth-order valence-electron chi connectivity index (χ4n) is 5.86. The third-order valence-corrected chi connectivity index (χ3v) is 6.52. The maximum Gasteiger partial charge on any atom is 0.312 e. The number of carbonyl (C=O) groups excluding carboxylic acids is 3. The first kappa shape index (κ1) is 19.0. The molecule has 4 aliphatic carbocycles. The molecule has 4 aliphatic rings. The van der Waals surface area contributed by atoms with E-state index in [0.29, 0.717) is 30.9 Å². The number of hydrogen-bond donors (Lipinski definition) is 3. The predicted molar refractivity (Wildman–Crippen MR) is 95.9 cm³/mol. The molecule has 0 spiro atoms. The summed E-state index contributed by atoms with van der Waals surface area (Å²) in [5.41, 5.74) is 5.00. The van der Waals surface area contributed by atoms with E-state index in [-0.39, 0.29) is 30.8 Å². The van der Waals surface area contributed by atoms with Gasteiger partial charge in [-0.1, -0.05) is 0 Å². The van der Waals surface area contributed by atoms with Gasteiger partial charge in [-0.3, -0.25) is 9.59 Å². The normalized spacial score (nSPS) is 32.7. The Morgan fingerprint density at radius 3 is 2.19 bits per heavy atom. The molecule has 26 heavy (non-hydrogen) atoms. The van der Waals surface area contributed by atoms with E-state index < -0.39 is 6.03 Å². The summed E-state index contributed by atoms with van der Waals surface area (Å²) in [4.78, 5) is 35.4. The fourth-order valence-corrected chi connectivity index (χ4v) is 5.86. The van der Waals surface area contributed by atoms with Crippen molar-refractivity contribution in [1.82, 2.24) is 10.6 Å². The first-order chi connectivity index (χ1) is 12.5. The lowest BCUT2D eigenvalue weighted by Gasteiger charge is -2.56. The van der Waals surface area contributed by atoms with E-state index in [1.54, 1.807) is 0 Å². The van der Waals surface area contributed by atoms with Crippen LogP contribution in [-0.2, 0) is 14.3 Å². The molecule has 4 N–H and O–H groups in total. The number of ether oxygens (including phenoxy) is 1. The van der Waals surface area contributed by atoms with Crippen LogP contribution in [-0.4, -0.2) is 37.6 Å². The molecule has 0 aromatic rings. The second kappa shape index (κ2) is 8.27. The zero-order valence-corrected chi connectivity index (χ0v) is 15.5. The van der Waals surface area contributed by atoms with Gasteiger partial charge in [0.15, 0.2) is 0 Å². The molecule has 0 aromatic heterocycles. The second-order valence-corrected chi connectivity index (χ2v) is 8.21. The molecule has 0 radical (unpaired) electrons. The van der Waals surface area contributed by atoms with Crippen LogP contribution in [0.4, 0.5) is 4.79 Å². The topological polar surface area (TPSA) is 111 Å². The standard InChI is InChI=1S/C19H31N3O4/c1-2-26-18(24)15(10-22-16(23)3-4-21-19(20)25)17-13-6-11-5-12(8-13)9-14(17)7-11/h11-15,17H,2-10H2,1H3,(H,22,23)(H3,20,21,25)/t11?,12?,13?,14?,15-,17?/m1/s1. The van der Waals surface area contributed by atoms with E-state index in [1.807, 2.05) is 6.92 Å². The second-order valence-electron chi connectivity index (χ2n) is 8.21. The van der Waals surface area contributed by atoms with Crippen LogP contribution in [0.3, 0.4) is 0 Å². The smallest absolute Gasteiger partial charge is 0.312 e. The molecule has 3 amide bonds. The van der Waals surface area contributed by atoms with Crippen LogP contribution in [0.25, 0.3) is 0 Å². The third kappa shape index (κ3) is 4.30. The van der Waals surface area contributed by atoms with Gasteiger partial charge in [-0.15, -0.1) is 0 Å². The van der Waals surface area contributed by atoms with E-state index in [1.165, 1.54) is 32.1 Å². The molecule has 4 saturated carbocycles. The first-order valence-corrected chi connectivity index (χ1v) is 9.94. The largest absolute Gasteiger partial charge is 0.466 e. The van der Waals surface area contributed by atoms with Gasteiger partial charge in [-0.05, 0) is 68.6 Å². The van der Waals surface area contributed by atoms with Gasteiger partial charge in [0.1, 0.15) is 0 Å². The Hall–Kier alpha value is -1.79. The molecule has 0 heterocycles. The number of nitrogens with two attached hydrogens (primary N) is 1. The molecule has 0 aromatic carbocycles. The molecule has 0 saturated heterocycles. The van der Waals surface area contributed by atoms with Gasteiger partial charge < -0.3 is 21.1 Å². The molecule has 7 nitrogen and oxygen atoms in total. The van der Waals surface area contributed by atoms with Crippen LogP contribution in [0, 0.1) is 35.5 Å². The highest BCUT2D eigenvalue weighted by Crippen LogP contribution is 2.58. The van der Waals surface area contributed by atoms with E-state index in [0.717, 1.165) is 11.8 Å². The number of carbonyl (C=O) groups is 3. The highest BCUT2D eigenvalue weighted by Gasteiger charge is 2.52.